The van der Waals surface area contributed by atoms with E-state index < -0.39 is 17.7 Å². The van der Waals surface area contributed by atoms with Gasteiger partial charge >= 0.3 is 0 Å². The van der Waals surface area contributed by atoms with Crippen molar-refractivity contribution in [1.82, 2.24) is 4.90 Å². The maximum atomic E-state index is 13.0. The second-order valence-electron chi connectivity index (χ2n) is 8.74. The molecule has 0 spiro atoms. The molecule has 176 valence electrons. The van der Waals surface area contributed by atoms with Crippen LogP contribution in [0.15, 0.2) is 54.1 Å². The Bertz CT molecular complexity index is 1030. The van der Waals surface area contributed by atoms with Crippen molar-refractivity contribution in [3.05, 3.63) is 65.2 Å². The molecule has 1 saturated heterocycles. The Morgan fingerprint density at radius 3 is 2.39 bits per heavy atom. The van der Waals surface area contributed by atoms with E-state index in [2.05, 4.69) is 0 Å². The zero-order valence-electron chi connectivity index (χ0n) is 19.4. The average molecular weight is 454 g/mol. The molecule has 2 N–H and O–H groups in total. The molecule has 2 aromatic carbocycles. The summed E-state index contributed by atoms with van der Waals surface area (Å²) in [5.41, 5.74) is 0.984. The van der Waals surface area contributed by atoms with Crippen LogP contribution >= 0.6 is 0 Å². The number of benzene rings is 2. The summed E-state index contributed by atoms with van der Waals surface area (Å²) < 4.78 is 11.3. The van der Waals surface area contributed by atoms with Crippen LogP contribution in [0.2, 0.25) is 0 Å². The molecule has 3 rings (SSSR count). The zero-order chi connectivity index (χ0) is 24.1. The van der Waals surface area contributed by atoms with Crippen LogP contribution in [0, 0.1) is 5.92 Å². The van der Waals surface area contributed by atoms with E-state index in [0.29, 0.717) is 29.4 Å². The number of hydrogen-bond acceptors (Lipinski definition) is 6. The van der Waals surface area contributed by atoms with Crippen molar-refractivity contribution < 1.29 is 29.3 Å². The molecule has 7 heteroatoms. The molecule has 1 aliphatic heterocycles. The van der Waals surface area contributed by atoms with Gasteiger partial charge in [0.05, 0.1) is 30.9 Å². The number of hydrogen-bond donors (Lipinski definition) is 2. The van der Waals surface area contributed by atoms with Gasteiger partial charge in [0, 0.05) is 12.1 Å². The lowest BCUT2D eigenvalue weighted by atomic mass is 9.95. The number of nitrogens with zero attached hydrogens (tertiary/aromatic N) is 1. The second kappa shape index (κ2) is 10.5. The number of amides is 1. The van der Waals surface area contributed by atoms with Gasteiger partial charge in [0.25, 0.3) is 11.7 Å². The maximum absolute atomic E-state index is 13.0. The van der Waals surface area contributed by atoms with Crippen molar-refractivity contribution in [1.29, 1.82) is 0 Å². The fraction of sp³-hybridized carbons (Fsp3) is 0.385. The average Bonchev–Trinajstić information content (AvgIpc) is 3.02. The summed E-state index contributed by atoms with van der Waals surface area (Å²) >= 11 is 0. The second-order valence-corrected chi connectivity index (χ2v) is 8.74. The van der Waals surface area contributed by atoms with E-state index in [4.69, 9.17) is 9.47 Å². The molecule has 1 atom stereocenters. The first kappa shape index (κ1) is 24.3. The third-order valence-corrected chi connectivity index (χ3v) is 5.22. The first-order valence-electron chi connectivity index (χ1n) is 11.1. The van der Waals surface area contributed by atoms with Gasteiger partial charge in [-0.25, -0.2) is 0 Å². The van der Waals surface area contributed by atoms with E-state index in [9.17, 15) is 19.8 Å². The Morgan fingerprint density at radius 2 is 1.76 bits per heavy atom. The van der Waals surface area contributed by atoms with E-state index in [1.54, 1.807) is 36.4 Å². The third-order valence-electron chi connectivity index (χ3n) is 5.22. The van der Waals surface area contributed by atoms with Crippen LogP contribution in [0.3, 0.4) is 0 Å². The maximum Gasteiger partial charge on any atom is 0.295 e. The number of aromatic hydroxyl groups is 1. The molecule has 0 radical (unpaired) electrons. The van der Waals surface area contributed by atoms with Gasteiger partial charge in [-0.3, -0.25) is 9.59 Å². The number of phenolic OH excluding ortho intramolecular Hbond substituents is 1. The summed E-state index contributed by atoms with van der Waals surface area (Å²) in [4.78, 5) is 27.4. The number of rotatable bonds is 9. The van der Waals surface area contributed by atoms with Gasteiger partial charge in [-0.05, 0) is 49.6 Å². The molecule has 1 heterocycles. The van der Waals surface area contributed by atoms with Crippen molar-refractivity contribution in [2.75, 3.05) is 19.8 Å². The summed E-state index contributed by atoms with van der Waals surface area (Å²) in [6.07, 6.45) is -0.0254. The summed E-state index contributed by atoms with van der Waals surface area (Å²) in [6, 6.07) is 12.3. The third kappa shape index (κ3) is 5.73. The highest BCUT2D eigenvalue weighted by Crippen LogP contribution is 2.40. The van der Waals surface area contributed by atoms with Gasteiger partial charge < -0.3 is 24.6 Å². The predicted molar refractivity (Wildman–Crippen MR) is 125 cm³/mol. The van der Waals surface area contributed by atoms with Crippen molar-refractivity contribution in [3.63, 3.8) is 0 Å². The Morgan fingerprint density at radius 1 is 1.06 bits per heavy atom. The van der Waals surface area contributed by atoms with Gasteiger partial charge in [0.1, 0.15) is 17.3 Å². The number of likely N-dealkylation sites (tertiary alicyclic amines) is 1. The molecule has 1 unspecified atom stereocenters. The molecule has 0 aliphatic carbocycles. The summed E-state index contributed by atoms with van der Waals surface area (Å²) in [6.45, 7) is 8.79. The Balaban J connectivity index is 2.04. The number of ketones is 1. The van der Waals surface area contributed by atoms with Crippen molar-refractivity contribution in [2.24, 2.45) is 5.92 Å². The molecule has 0 bridgehead atoms. The van der Waals surface area contributed by atoms with Gasteiger partial charge in [-0.1, -0.05) is 38.1 Å². The van der Waals surface area contributed by atoms with Crippen LogP contribution in [-0.2, 0) is 14.3 Å². The minimum atomic E-state index is -0.804. The molecular formula is C26H31NO6. The van der Waals surface area contributed by atoms with E-state index in [0.717, 1.165) is 0 Å². The van der Waals surface area contributed by atoms with E-state index in [-0.39, 0.29) is 36.3 Å². The molecule has 2 aromatic rings. The van der Waals surface area contributed by atoms with E-state index in [1.165, 1.54) is 17.0 Å². The number of aliphatic hydroxyl groups excluding tert-OH is 1. The highest BCUT2D eigenvalue weighted by Gasteiger charge is 2.45. The number of phenols is 1. The number of ether oxygens (including phenoxy) is 2. The Hall–Kier alpha value is -3.32. The monoisotopic (exact) mass is 453 g/mol. The molecule has 1 aliphatic rings. The van der Waals surface area contributed by atoms with Crippen LogP contribution in [-0.4, -0.2) is 52.7 Å². The molecule has 1 fully saturated rings. The SMILES string of the molecule is CC(C)COc1cccc(/C(O)=C2/C(=O)C(=O)N(CCOC(C)C)C2c2ccc(O)cc2)c1. The van der Waals surface area contributed by atoms with E-state index in [1.807, 2.05) is 27.7 Å². The lowest BCUT2D eigenvalue weighted by Gasteiger charge is -2.25. The summed E-state index contributed by atoms with van der Waals surface area (Å²) in [7, 11) is 0. The van der Waals surface area contributed by atoms with E-state index >= 15 is 0 Å². The predicted octanol–water partition coefficient (Wildman–Crippen LogP) is 4.27. The number of carbonyl (C=O) groups excluding carboxylic acids is 2. The molecule has 1 amide bonds. The zero-order valence-corrected chi connectivity index (χ0v) is 19.4. The molecular weight excluding hydrogens is 422 g/mol. The molecule has 0 aromatic heterocycles. The lowest BCUT2D eigenvalue weighted by molar-refractivity contribution is -0.140. The van der Waals surface area contributed by atoms with Gasteiger partial charge in [-0.15, -0.1) is 0 Å². The van der Waals surface area contributed by atoms with Crippen LogP contribution in [0.5, 0.6) is 11.5 Å². The first-order valence-corrected chi connectivity index (χ1v) is 11.1. The standard InChI is InChI=1S/C26H31NO6/c1-16(2)15-33-21-7-5-6-19(14-21)24(29)22-23(18-8-10-20(28)11-9-18)27(26(31)25(22)30)12-13-32-17(3)4/h5-11,14,16-17,23,28-29H,12-13,15H2,1-4H3/b24-22-. The highest BCUT2D eigenvalue weighted by atomic mass is 16.5. The van der Waals surface area contributed by atoms with Crippen LogP contribution in [0.1, 0.15) is 44.9 Å². The topological polar surface area (TPSA) is 96.3 Å². The molecule has 33 heavy (non-hydrogen) atoms. The minimum Gasteiger partial charge on any atom is -0.508 e. The number of Topliss-reactive ketones (excluding diaryl/α,β-unsaturated/α-hetero) is 1. The van der Waals surface area contributed by atoms with Gasteiger partial charge in [0.15, 0.2) is 0 Å². The molecule has 0 saturated carbocycles. The van der Waals surface area contributed by atoms with Crippen molar-refractivity contribution in [2.45, 2.75) is 39.8 Å². The van der Waals surface area contributed by atoms with Crippen molar-refractivity contribution in [3.8, 4) is 11.5 Å². The minimum absolute atomic E-state index is 0.00348. The Kier molecular flexibility index (Phi) is 7.76. The lowest BCUT2D eigenvalue weighted by Crippen LogP contribution is -2.33. The Labute approximate surface area is 194 Å². The van der Waals surface area contributed by atoms with Crippen molar-refractivity contribution >= 4 is 17.4 Å². The summed E-state index contributed by atoms with van der Waals surface area (Å²) in [5, 5.41) is 20.9. The van der Waals surface area contributed by atoms with Gasteiger partial charge in [0.2, 0.25) is 0 Å². The molecule has 7 nitrogen and oxygen atoms in total. The smallest absolute Gasteiger partial charge is 0.295 e. The quantitative estimate of drug-likeness (QED) is 0.334. The fourth-order valence-corrected chi connectivity index (χ4v) is 3.65. The normalized spacial score (nSPS) is 17.9. The van der Waals surface area contributed by atoms with Crippen LogP contribution in [0.25, 0.3) is 5.76 Å². The largest absolute Gasteiger partial charge is 0.508 e. The van der Waals surface area contributed by atoms with Gasteiger partial charge in [-0.2, -0.15) is 0 Å². The van der Waals surface area contributed by atoms with Crippen LogP contribution < -0.4 is 4.74 Å². The first-order chi connectivity index (χ1) is 15.7. The fourth-order valence-electron chi connectivity index (χ4n) is 3.65. The highest BCUT2D eigenvalue weighted by molar-refractivity contribution is 6.46. The number of aliphatic hydroxyl groups is 1. The number of carbonyl (C=O) groups is 2. The van der Waals surface area contributed by atoms with Crippen LogP contribution in [0.4, 0.5) is 0 Å². The summed E-state index contributed by atoms with van der Waals surface area (Å²) in [5.74, 6) is -0.774.